The highest BCUT2D eigenvalue weighted by Crippen LogP contribution is 2.13. The van der Waals surface area contributed by atoms with Crippen LogP contribution in [0.1, 0.15) is 19.8 Å². The Hall–Kier alpha value is -0.653. The number of carbonyl (C=O) groups is 1. The Kier molecular flexibility index (Phi) is 9.82. The van der Waals surface area contributed by atoms with E-state index in [2.05, 4.69) is 21.2 Å². The lowest BCUT2D eigenvalue weighted by atomic mass is 10.1. The van der Waals surface area contributed by atoms with Gasteiger partial charge in [-0.1, -0.05) is 6.58 Å². The molecule has 0 spiro atoms. The first-order chi connectivity index (χ1) is 9.01. The second-order valence-corrected chi connectivity index (χ2v) is 5.19. The Bertz CT molecular complexity index is 266. The molecule has 8 nitrogen and oxygen atoms in total. The molecule has 9 heteroatoms. The first-order valence-corrected chi connectivity index (χ1v) is 7.12. The molecule has 0 amide bonds. The molecule has 0 radical (unpaired) electrons. The van der Waals surface area contributed by atoms with Crippen LogP contribution in [0.25, 0.3) is 0 Å². The molecule has 0 aliphatic heterocycles. The fourth-order valence-corrected chi connectivity index (χ4v) is 2.30. The summed E-state index contributed by atoms with van der Waals surface area (Å²) in [6.07, 6.45) is 0.737. The van der Waals surface area contributed by atoms with Gasteiger partial charge in [0, 0.05) is 13.0 Å². The Labute approximate surface area is 113 Å². The molecule has 0 heterocycles. The van der Waals surface area contributed by atoms with Crippen molar-refractivity contribution in [3.8, 4) is 0 Å². The van der Waals surface area contributed by atoms with Gasteiger partial charge >= 0.3 is 9.05 Å². The topological polar surface area (TPSA) is 81.7 Å². The van der Waals surface area contributed by atoms with Crippen molar-refractivity contribution >= 4 is 14.8 Å². The molecule has 0 aromatic rings. The van der Waals surface area contributed by atoms with Gasteiger partial charge in [0.25, 0.3) is 0 Å². The molecule has 0 bridgehead atoms. The van der Waals surface area contributed by atoms with E-state index < -0.39 is 9.05 Å². The number of carbonyl (C=O) groups excluding carboxylic acids is 1. The Morgan fingerprint density at radius 2 is 1.53 bits per heavy atom. The maximum Gasteiger partial charge on any atom is 0.764 e. The average Bonchev–Trinajstić information content (AvgIpc) is 2.35. The Balaban J connectivity index is 4.24. The zero-order valence-electron chi connectivity index (χ0n) is 11.6. The van der Waals surface area contributed by atoms with Gasteiger partial charge in [-0.15, -0.1) is 0 Å². The zero-order chi connectivity index (χ0) is 14.7. The lowest BCUT2D eigenvalue weighted by molar-refractivity contribution is -0.370. The van der Waals surface area contributed by atoms with Crippen molar-refractivity contribution in [2.45, 2.75) is 19.8 Å². The summed E-state index contributed by atoms with van der Waals surface area (Å²) in [5.41, 5.74) is 0.498. The number of rotatable bonds is 12. The lowest BCUT2D eigenvalue weighted by Gasteiger charge is -2.22. The molecular weight excluding hydrogens is 276 g/mol. The van der Waals surface area contributed by atoms with Crippen molar-refractivity contribution in [3.05, 3.63) is 12.2 Å². The third-order valence-electron chi connectivity index (χ3n) is 1.86. The fourth-order valence-electron chi connectivity index (χ4n) is 1.06. The SMILES string of the molecule is C=C(C)C(=O)CCCO[Si](OOC)(OOC)OOC. The normalized spacial score (nSPS) is 11.6. The minimum Gasteiger partial charge on any atom is -0.347 e. The van der Waals surface area contributed by atoms with Gasteiger partial charge in [0.2, 0.25) is 0 Å². The molecular formula is C10H20O8Si. The van der Waals surface area contributed by atoms with Crippen molar-refractivity contribution in [3.63, 3.8) is 0 Å². The summed E-state index contributed by atoms with van der Waals surface area (Å²) in [6, 6.07) is 0. The van der Waals surface area contributed by atoms with Gasteiger partial charge in [-0.2, -0.15) is 13.7 Å². The number of allylic oxidation sites excluding steroid dienone is 1. The van der Waals surface area contributed by atoms with E-state index in [1.807, 2.05) is 0 Å². The Morgan fingerprint density at radius 1 is 1.05 bits per heavy atom. The summed E-state index contributed by atoms with van der Waals surface area (Å²) in [6.45, 7) is 5.35. The van der Waals surface area contributed by atoms with Crippen LogP contribution >= 0.6 is 0 Å². The van der Waals surface area contributed by atoms with Crippen LogP contribution < -0.4 is 0 Å². The van der Waals surface area contributed by atoms with E-state index in [-0.39, 0.29) is 12.4 Å². The van der Waals surface area contributed by atoms with Crippen LogP contribution in [-0.2, 0) is 37.6 Å². The van der Waals surface area contributed by atoms with E-state index in [0.717, 1.165) is 0 Å². The predicted octanol–water partition coefficient (Wildman–Crippen LogP) is 1.10. The van der Waals surface area contributed by atoms with Crippen LogP contribution in [-0.4, -0.2) is 42.8 Å². The summed E-state index contributed by atoms with van der Waals surface area (Å²) in [5.74, 6) is -0.0381. The van der Waals surface area contributed by atoms with Gasteiger partial charge in [0.15, 0.2) is 5.78 Å². The van der Waals surface area contributed by atoms with Crippen LogP contribution in [0.5, 0.6) is 0 Å². The van der Waals surface area contributed by atoms with Crippen LogP contribution in [0.3, 0.4) is 0 Å². The van der Waals surface area contributed by atoms with E-state index in [9.17, 15) is 4.79 Å². The monoisotopic (exact) mass is 296 g/mol. The van der Waals surface area contributed by atoms with Crippen molar-refractivity contribution in [1.82, 2.24) is 0 Å². The lowest BCUT2D eigenvalue weighted by Crippen LogP contribution is -2.48. The molecule has 0 saturated heterocycles. The zero-order valence-corrected chi connectivity index (χ0v) is 12.6. The molecule has 112 valence electrons. The molecule has 0 aromatic carbocycles. The highest BCUT2D eigenvalue weighted by atomic mass is 28.4. The predicted molar refractivity (Wildman–Crippen MR) is 65.0 cm³/mol. The van der Waals surface area contributed by atoms with Gasteiger partial charge in [0.1, 0.15) is 0 Å². The molecule has 0 unspecified atom stereocenters. The first kappa shape index (κ1) is 18.3. The highest BCUT2D eigenvalue weighted by Gasteiger charge is 2.51. The van der Waals surface area contributed by atoms with E-state index >= 15 is 0 Å². The summed E-state index contributed by atoms with van der Waals surface area (Å²) < 4.78 is 19.7. The van der Waals surface area contributed by atoms with Crippen LogP contribution in [0, 0.1) is 0 Å². The summed E-state index contributed by atoms with van der Waals surface area (Å²) in [5, 5.41) is 0. The van der Waals surface area contributed by atoms with Gasteiger partial charge < -0.3 is 4.43 Å². The quantitative estimate of drug-likeness (QED) is 0.174. The van der Waals surface area contributed by atoms with Crippen molar-refractivity contribution < 1.29 is 37.6 Å². The first-order valence-electron chi connectivity index (χ1n) is 5.49. The minimum absolute atomic E-state index is 0.0381. The van der Waals surface area contributed by atoms with Crippen LogP contribution in [0.4, 0.5) is 0 Å². The van der Waals surface area contributed by atoms with Crippen molar-refractivity contribution in [2.75, 3.05) is 27.9 Å². The van der Waals surface area contributed by atoms with Crippen molar-refractivity contribution in [1.29, 1.82) is 0 Å². The molecule has 0 N–H and O–H groups in total. The molecule has 0 aliphatic rings. The molecule has 0 aliphatic carbocycles. The Morgan fingerprint density at radius 3 is 1.89 bits per heavy atom. The molecule has 0 fully saturated rings. The fraction of sp³-hybridized carbons (Fsp3) is 0.700. The largest absolute Gasteiger partial charge is 0.764 e. The second-order valence-electron chi connectivity index (χ2n) is 3.41. The number of hydrogen-bond acceptors (Lipinski definition) is 8. The second kappa shape index (κ2) is 10.2. The summed E-state index contributed by atoms with van der Waals surface area (Å²) in [4.78, 5) is 24.8. The van der Waals surface area contributed by atoms with E-state index in [1.165, 1.54) is 21.3 Å². The summed E-state index contributed by atoms with van der Waals surface area (Å²) >= 11 is 0. The minimum atomic E-state index is -3.70. The average molecular weight is 296 g/mol. The number of hydrogen-bond donors (Lipinski definition) is 0. The van der Waals surface area contributed by atoms with Gasteiger partial charge in [0.05, 0.1) is 21.3 Å². The molecule has 19 heavy (non-hydrogen) atoms. The van der Waals surface area contributed by atoms with Crippen molar-refractivity contribution in [2.24, 2.45) is 0 Å². The van der Waals surface area contributed by atoms with E-state index in [0.29, 0.717) is 18.4 Å². The maximum absolute atomic E-state index is 11.3. The molecule has 0 aromatic heterocycles. The molecule has 0 saturated carbocycles. The summed E-state index contributed by atoms with van der Waals surface area (Å²) in [7, 11) is 0.0779. The van der Waals surface area contributed by atoms with Gasteiger partial charge in [-0.05, 0) is 18.9 Å². The standard InChI is InChI=1S/C10H20O8Si/c1-9(2)10(11)7-6-8-15-19(16-12-3,17-13-4)18-14-5/h1,6-8H2,2-5H3. The third-order valence-corrected chi connectivity index (χ3v) is 3.53. The highest BCUT2D eigenvalue weighted by molar-refractivity contribution is 6.52. The smallest absolute Gasteiger partial charge is 0.347 e. The third kappa shape index (κ3) is 7.50. The van der Waals surface area contributed by atoms with E-state index in [1.54, 1.807) is 6.92 Å². The molecule has 0 rings (SSSR count). The van der Waals surface area contributed by atoms with Crippen LogP contribution in [0.15, 0.2) is 12.2 Å². The van der Waals surface area contributed by atoms with Gasteiger partial charge in [-0.3, -0.25) is 4.79 Å². The molecule has 0 atom stereocenters. The van der Waals surface area contributed by atoms with E-state index in [4.69, 9.17) is 18.2 Å². The van der Waals surface area contributed by atoms with Crippen LogP contribution in [0.2, 0.25) is 0 Å². The number of ketones is 1. The van der Waals surface area contributed by atoms with Gasteiger partial charge in [-0.25, -0.2) is 14.7 Å². The maximum atomic E-state index is 11.3. The number of Topliss-reactive ketones (excluding diaryl/α,β-unsaturated/α-hetero) is 1.